The lowest BCUT2D eigenvalue weighted by Gasteiger charge is -2.34. The molecule has 0 radical (unpaired) electrons. The highest BCUT2D eigenvalue weighted by atomic mass is 35.5. The van der Waals surface area contributed by atoms with Crippen molar-refractivity contribution in [2.75, 3.05) is 48.8 Å². The summed E-state index contributed by atoms with van der Waals surface area (Å²) in [5.74, 6) is 0.0615. The molecule has 0 bridgehead atoms. The number of rotatable bonds is 4. The van der Waals surface area contributed by atoms with Crippen LogP contribution in [0.2, 0.25) is 5.02 Å². The van der Waals surface area contributed by atoms with Crippen LogP contribution in [0.4, 0.5) is 22.0 Å². The molecule has 0 saturated carbocycles. The third-order valence-electron chi connectivity index (χ3n) is 6.16. The van der Waals surface area contributed by atoms with E-state index in [1.165, 1.54) is 16.0 Å². The van der Waals surface area contributed by atoms with Gasteiger partial charge in [-0.15, -0.1) is 16.4 Å². The monoisotopic (exact) mass is 508 g/mol. The molecule has 1 saturated heterocycles. The van der Waals surface area contributed by atoms with Crippen molar-refractivity contribution in [3.05, 3.63) is 70.1 Å². The standard InChI is InChI=1S/C25H25ClN6O2S/c1-16-4-3-5-19(26)21(16)27-25(34)32-20-10-15-35-22(20)23(29-32)28-24(33)17-6-8-18(9-7-17)31-13-11-30(2)12-14-31/h3-10,15H,11-14H2,1-2H3,(H,27,34)(H,28,29,33). The van der Waals surface area contributed by atoms with Crippen LogP contribution in [-0.4, -0.2) is 59.8 Å². The summed E-state index contributed by atoms with van der Waals surface area (Å²) in [5, 5.41) is 12.4. The second-order valence-corrected chi connectivity index (χ2v) is 9.87. The van der Waals surface area contributed by atoms with Crippen LogP contribution < -0.4 is 15.5 Å². The van der Waals surface area contributed by atoms with Crippen LogP contribution in [-0.2, 0) is 0 Å². The molecule has 0 aliphatic carbocycles. The minimum atomic E-state index is -0.457. The fourth-order valence-corrected chi connectivity index (χ4v) is 5.18. The van der Waals surface area contributed by atoms with Crippen LogP contribution >= 0.6 is 22.9 Å². The van der Waals surface area contributed by atoms with Crippen LogP contribution in [0.3, 0.4) is 0 Å². The number of aryl methyl sites for hydroxylation is 1. The number of hydrogen-bond acceptors (Lipinski definition) is 6. The van der Waals surface area contributed by atoms with Crippen molar-refractivity contribution in [1.82, 2.24) is 14.7 Å². The fraction of sp³-hybridized carbons (Fsp3) is 0.240. The number of halogens is 1. The van der Waals surface area contributed by atoms with Crippen molar-refractivity contribution >= 4 is 62.3 Å². The topological polar surface area (TPSA) is 82.5 Å². The molecule has 2 amide bonds. The van der Waals surface area contributed by atoms with E-state index < -0.39 is 6.03 Å². The summed E-state index contributed by atoms with van der Waals surface area (Å²) in [5.41, 5.74) is 3.61. The van der Waals surface area contributed by atoms with Gasteiger partial charge in [-0.3, -0.25) is 4.79 Å². The van der Waals surface area contributed by atoms with Crippen molar-refractivity contribution in [2.45, 2.75) is 6.92 Å². The molecule has 180 valence electrons. The second-order valence-electron chi connectivity index (χ2n) is 8.55. The number of likely N-dealkylation sites (N-methyl/N-ethyl adjacent to an activating group) is 1. The maximum Gasteiger partial charge on any atom is 0.347 e. The predicted molar refractivity (Wildman–Crippen MR) is 142 cm³/mol. The number of nitrogens with zero attached hydrogens (tertiary/aromatic N) is 4. The molecule has 35 heavy (non-hydrogen) atoms. The zero-order chi connectivity index (χ0) is 24.5. The number of anilines is 3. The Balaban J connectivity index is 1.33. The van der Waals surface area contributed by atoms with E-state index in [2.05, 4.69) is 32.6 Å². The van der Waals surface area contributed by atoms with Crippen LogP contribution in [0, 0.1) is 6.92 Å². The Labute approximate surface area is 212 Å². The summed E-state index contributed by atoms with van der Waals surface area (Å²) >= 11 is 7.67. The minimum Gasteiger partial charge on any atom is -0.369 e. The van der Waals surface area contributed by atoms with Crippen molar-refractivity contribution < 1.29 is 9.59 Å². The van der Waals surface area contributed by atoms with Gasteiger partial charge in [0.05, 0.1) is 20.9 Å². The van der Waals surface area contributed by atoms with E-state index in [4.69, 9.17) is 11.6 Å². The quantitative estimate of drug-likeness (QED) is 0.398. The molecule has 2 aromatic carbocycles. The number of piperazine rings is 1. The third kappa shape index (κ3) is 4.75. The van der Waals surface area contributed by atoms with E-state index in [0.717, 1.165) is 42.1 Å². The number of fused-ring (bicyclic) bond motifs is 1. The van der Waals surface area contributed by atoms with Crippen LogP contribution in [0.25, 0.3) is 10.2 Å². The van der Waals surface area contributed by atoms with Gasteiger partial charge in [0.25, 0.3) is 5.91 Å². The van der Waals surface area contributed by atoms with Crippen LogP contribution in [0.5, 0.6) is 0 Å². The van der Waals surface area contributed by atoms with Gasteiger partial charge < -0.3 is 20.4 Å². The number of para-hydroxylation sites is 1. The molecule has 1 aliphatic rings. The van der Waals surface area contributed by atoms with E-state index in [0.29, 0.717) is 27.6 Å². The lowest BCUT2D eigenvalue weighted by atomic mass is 10.1. The van der Waals surface area contributed by atoms with Gasteiger partial charge in [-0.1, -0.05) is 23.7 Å². The Hall–Kier alpha value is -3.40. The SMILES string of the molecule is Cc1cccc(Cl)c1NC(=O)n1nc(NC(=O)c2ccc(N3CCN(C)CC3)cc2)c2sccc21. The number of amides is 2. The minimum absolute atomic E-state index is 0.280. The first kappa shape index (κ1) is 23.3. The Bertz CT molecular complexity index is 1370. The fourth-order valence-electron chi connectivity index (χ4n) is 4.10. The van der Waals surface area contributed by atoms with Gasteiger partial charge >= 0.3 is 6.03 Å². The highest BCUT2D eigenvalue weighted by Crippen LogP contribution is 2.30. The van der Waals surface area contributed by atoms with Gasteiger partial charge in [0.2, 0.25) is 0 Å². The van der Waals surface area contributed by atoms with E-state index in [-0.39, 0.29) is 5.91 Å². The first-order valence-electron chi connectivity index (χ1n) is 11.3. The van der Waals surface area contributed by atoms with Crippen molar-refractivity contribution in [3.63, 3.8) is 0 Å². The summed E-state index contributed by atoms with van der Waals surface area (Å²) < 4.78 is 1.97. The van der Waals surface area contributed by atoms with Gasteiger partial charge in [0.15, 0.2) is 5.82 Å². The molecule has 4 aromatic rings. The molecule has 2 aromatic heterocycles. The largest absolute Gasteiger partial charge is 0.369 e. The number of aromatic nitrogens is 2. The molecule has 0 spiro atoms. The molecular formula is C25H25ClN6O2S. The summed E-state index contributed by atoms with van der Waals surface area (Å²) in [6, 6.07) is 14.3. The molecule has 1 aliphatic heterocycles. The van der Waals surface area contributed by atoms with E-state index in [1.807, 2.05) is 48.7 Å². The van der Waals surface area contributed by atoms with Gasteiger partial charge in [-0.25, -0.2) is 4.79 Å². The van der Waals surface area contributed by atoms with Crippen LogP contribution in [0.15, 0.2) is 53.9 Å². The maximum absolute atomic E-state index is 13.0. The number of benzene rings is 2. The summed E-state index contributed by atoms with van der Waals surface area (Å²) in [6.07, 6.45) is 0. The number of carbonyl (C=O) groups excluding carboxylic acids is 2. The Morgan fingerprint density at radius 2 is 1.74 bits per heavy atom. The summed E-state index contributed by atoms with van der Waals surface area (Å²) in [6.45, 7) is 5.83. The van der Waals surface area contributed by atoms with Gasteiger partial charge in [-0.05, 0) is 61.3 Å². The molecule has 5 rings (SSSR count). The first-order valence-corrected chi connectivity index (χ1v) is 12.5. The lowest BCUT2D eigenvalue weighted by Crippen LogP contribution is -2.44. The molecule has 3 heterocycles. The number of thiophene rings is 1. The van der Waals surface area contributed by atoms with Crippen molar-refractivity contribution in [1.29, 1.82) is 0 Å². The maximum atomic E-state index is 13.0. The normalized spacial score (nSPS) is 14.3. The van der Waals surface area contributed by atoms with Crippen LogP contribution in [0.1, 0.15) is 15.9 Å². The lowest BCUT2D eigenvalue weighted by molar-refractivity contribution is 0.102. The average molecular weight is 509 g/mol. The summed E-state index contributed by atoms with van der Waals surface area (Å²) in [7, 11) is 2.12. The highest BCUT2D eigenvalue weighted by Gasteiger charge is 2.21. The Morgan fingerprint density at radius 3 is 2.46 bits per heavy atom. The number of carbonyl (C=O) groups is 2. The average Bonchev–Trinajstić information content (AvgIpc) is 3.46. The second kappa shape index (κ2) is 9.69. The highest BCUT2D eigenvalue weighted by molar-refractivity contribution is 7.17. The molecule has 2 N–H and O–H groups in total. The van der Waals surface area contributed by atoms with E-state index in [1.54, 1.807) is 12.1 Å². The van der Waals surface area contributed by atoms with Gasteiger partial charge in [-0.2, -0.15) is 4.68 Å². The van der Waals surface area contributed by atoms with E-state index in [9.17, 15) is 9.59 Å². The van der Waals surface area contributed by atoms with E-state index >= 15 is 0 Å². The van der Waals surface area contributed by atoms with Gasteiger partial charge in [0.1, 0.15) is 0 Å². The predicted octanol–water partition coefficient (Wildman–Crippen LogP) is 5.14. The molecule has 1 fully saturated rings. The molecule has 0 unspecified atom stereocenters. The third-order valence-corrected chi connectivity index (χ3v) is 7.39. The Kier molecular flexibility index (Phi) is 6.46. The Morgan fingerprint density at radius 1 is 1.00 bits per heavy atom. The first-order chi connectivity index (χ1) is 16.9. The van der Waals surface area contributed by atoms with Gasteiger partial charge in [0, 0.05) is 37.4 Å². The molecular weight excluding hydrogens is 484 g/mol. The number of nitrogens with one attached hydrogen (secondary N) is 2. The smallest absolute Gasteiger partial charge is 0.347 e. The zero-order valence-corrected chi connectivity index (χ0v) is 21.0. The summed E-state index contributed by atoms with van der Waals surface area (Å²) in [4.78, 5) is 30.6. The molecule has 10 heteroatoms. The number of hydrogen-bond donors (Lipinski definition) is 2. The van der Waals surface area contributed by atoms with Crippen molar-refractivity contribution in [3.8, 4) is 0 Å². The molecule has 8 nitrogen and oxygen atoms in total. The zero-order valence-electron chi connectivity index (χ0n) is 19.4. The molecule has 0 atom stereocenters. The van der Waals surface area contributed by atoms with Crippen molar-refractivity contribution in [2.24, 2.45) is 0 Å².